The summed E-state index contributed by atoms with van der Waals surface area (Å²) in [5.74, 6) is 0.615. The lowest BCUT2D eigenvalue weighted by Gasteiger charge is -2.17. The Morgan fingerprint density at radius 2 is 1.81 bits per heavy atom. The Labute approximate surface area is 184 Å². The summed E-state index contributed by atoms with van der Waals surface area (Å²) in [6.07, 6.45) is 5.30. The molecule has 31 heavy (non-hydrogen) atoms. The smallest absolute Gasteiger partial charge is 0.244 e. The average molecular weight is 419 g/mol. The summed E-state index contributed by atoms with van der Waals surface area (Å²) in [5.41, 5.74) is 3.42. The van der Waals surface area contributed by atoms with Crippen LogP contribution in [0, 0.1) is 0 Å². The van der Waals surface area contributed by atoms with Crippen molar-refractivity contribution in [1.29, 1.82) is 0 Å². The van der Waals surface area contributed by atoms with Gasteiger partial charge < -0.3 is 15.0 Å². The van der Waals surface area contributed by atoms with Gasteiger partial charge >= 0.3 is 0 Å². The fourth-order valence-electron chi connectivity index (χ4n) is 3.37. The van der Waals surface area contributed by atoms with Gasteiger partial charge in [0.05, 0.1) is 12.8 Å². The van der Waals surface area contributed by atoms with E-state index in [0.717, 1.165) is 47.9 Å². The molecule has 1 heterocycles. The lowest BCUT2D eigenvalue weighted by Crippen LogP contribution is -2.34. The van der Waals surface area contributed by atoms with Gasteiger partial charge in [0.2, 0.25) is 5.91 Å². The molecule has 1 N–H and O–H groups in total. The number of methoxy groups -OCH3 is 1. The number of amides is 1. The zero-order valence-electron chi connectivity index (χ0n) is 18.4. The number of benzene rings is 2. The van der Waals surface area contributed by atoms with Gasteiger partial charge in [-0.05, 0) is 43.4 Å². The van der Waals surface area contributed by atoms with Crippen LogP contribution in [0.15, 0.2) is 66.9 Å². The fourth-order valence-corrected chi connectivity index (χ4v) is 3.37. The Bertz CT molecular complexity index is 1010. The molecule has 162 valence electrons. The number of aromatic nitrogens is 2. The highest BCUT2D eigenvalue weighted by Gasteiger charge is 2.14. The molecule has 6 nitrogen and oxygen atoms in total. The van der Waals surface area contributed by atoms with Crippen molar-refractivity contribution in [2.24, 2.45) is 0 Å². The van der Waals surface area contributed by atoms with Gasteiger partial charge in [-0.25, -0.2) is 4.68 Å². The van der Waals surface area contributed by atoms with Crippen molar-refractivity contribution in [2.75, 3.05) is 33.3 Å². The molecule has 0 aliphatic rings. The molecule has 2 aromatic carbocycles. The first-order chi connectivity index (χ1) is 15.2. The molecule has 0 fully saturated rings. The molecule has 0 atom stereocenters. The summed E-state index contributed by atoms with van der Waals surface area (Å²) in [5, 5.41) is 7.74. The Kier molecular flexibility index (Phi) is 8.01. The molecule has 3 aromatic rings. The van der Waals surface area contributed by atoms with Crippen LogP contribution in [0.25, 0.3) is 23.0 Å². The molecule has 1 amide bonds. The van der Waals surface area contributed by atoms with E-state index in [9.17, 15) is 4.79 Å². The van der Waals surface area contributed by atoms with Crippen LogP contribution in [0.3, 0.4) is 0 Å². The minimum atomic E-state index is -0.120. The number of hydrogen-bond acceptors (Lipinski definition) is 4. The fraction of sp³-hybridized carbons (Fsp3) is 0.280. The lowest BCUT2D eigenvalue weighted by atomic mass is 10.1. The molecule has 3 rings (SSSR count). The molecule has 1 aromatic heterocycles. The zero-order valence-corrected chi connectivity index (χ0v) is 18.4. The SMILES string of the molecule is CCN(CC)CCNC(=O)/C=C/c1cn(-c2ccccc2)nc1-c1ccccc1OC. The van der Waals surface area contributed by atoms with E-state index in [4.69, 9.17) is 9.84 Å². The van der Waals surface area contributed by atoms with Gasteiger partial charge in [-0.2, -0.15) is 5.10 Å². The van der Waals surface area contributed by atoms with Crippen LogP contribution >= 0.6 is 0 Å². The summed E-state index contributed by atoms with van der Waals surface area (Å²) in [4.78, 5) is 14.6. The van der Waals surface area contributed by atoms with E-state index < -0.39 is 0 Å². The minimum absolute atomic E-state index is 0.120. The zero-order chi connectivity index (χ0) is 22.1. The van der Waals surface area contributed by atoms with Crippen molar-refractivity contribution in [3.05, 3.63) is 72.4 Å². The van der Waals surface area contributed by atoms with E-state index >= 15 is 0 Å². The van der Waals surface area contributed by atoms with Crippen LogP contribution in [-0.4, -0.2) is 53.9 Å². The van der Waals surface area contributed by atoms with E-state index in [1.54, 1.807) is 19.3 Å². The van der Waals surface area contributed by atoms with Crippen LogP contribution in [0.4, 0.5) is 0 Å². The van der Waals surface area contributed by atoms with E-state index in [1.165, 1.54) is 0 Å². The molecular weight excluding hydrogens is 388 g/mol. The van der Waals surface area contributed by atoms with Gasteiger partial charge in [-0.15, -0.1) is 0 Å². The van der Waals surface area contributed by atoms with Gasteiger partial charge in [-0.3, -0.25) is 4.79 Å². The molecule has 0 radical (unpaired) electrons. The molecule has 6 heteroatoms. The number of rotatable bonds is 10. The largest absolute Gasteiger partial charge is 0.496 e. The highest BCUT2D eigenvalue weighted by Crippen LogP contribution is 2.32. The number of ether oxygens (including phenoxy) is 1. The second-order valence-electron chi connectivity index (χ2n) is 7.06. The normalized spacial score (nSPS) is 11.2. The van der Waals surface area contributed by atoms with Crippen LogP contribution in [0.5, 0.6) is 5.75 Å². The number of carbonyl (C=O) groups excluding carboxylic acids is 1. The first-order valence-electron chi connectivity index (χ1n) is 10.6. The lowest BCUT2D eigenvalue weighted by molar-refractivity contribution is -0.116. The topological polar surface area (TPSA) is 59.4 Å². The Hall–Kier alpha value is -3.38. The molecular formula is C25H30N4O2. The van der Waals surface area contributed by atoms with Crippen molar-refractivity contribution < 1.29 is 9.53 Å². The summed E-state index contributed by atoms with van der Waals surface area (Å²) in [7, 11) is 1.64. The van der Waals surface area contributed by atoms with E-state index in [0.29, 0.717) is 6.54 Å². The second-order valence-corrected chi connectivity index (χ2v) is 7.06. The van der Waals surface area contributed by atoms with E-state index in [2.05, 4.69) is 24.1 Å². The standard InChI is InChI=1S/C25H30N4O2/c1-4-28(5-2)18-17-26-24(30)16-15-20-19-29(21-11-7-6-8-12-21)27-25(20)22-13-9-10-14-23(22)31-3/h6-16,19H,4-5,17-18H2,1-3H3,(H,26,30)/b16-15+. The first kappa shape index (κ1) is 22.3. The molecule has 0 unspecified atom stereocenters. The maximum Gasteiger partial charge on any atom is 0.244 e. The van der Waals surface area contributed by atoms with Crippen molar-refractivity contribution >= 4 is 12.0 Å². The third kappa shape index (κ3) is 5.83. The quantitative estimate of drug-likeness (QED) is 0.505. The summed E-state index contributed by atoms with van der Waals surface area (Å²) < 4.78 is 7.35. The predicted octanol–water partition coefficient (Wildman–Crippen LogP) is 4.02. The number of hydrogen-bond donors (Lipinski definition) is 1. The maximum absolute atomic E-state index is 12.4. The number of likely N-dealkylation sites (N-methyl/N-ethyl adjacent to an activating group) is 1. The maximum atomic E-state index is 12.4. The highest BCUT2D eigenvalue weighted by atomic mass is 16.5. The minimum Gasteiger partial charge on any atom is -0.496 e. The Morgan fingerprint density at radius 1 is 1.10 bits per heavy atom. The molecule has 0 aliphatic heterocycles. The number of nitrogens with zero attached hydrogens (tertiary/aromatic N) is 3. The first-order valence-corrected chi connectivity index (χ1v) is 10.6. The number of para-hydroxylation sites is 2. The summed E-state index contributed by atoms with van der Waals surface area (Å²) >= 11 is 0. The van der Waals surface area contributed by atoms with Crippen molar-refractivity contribution in [3.8, 4) is 22.7 Å². The van der Waals surface area contributed by atoms with Crippen molar-refractivity contribution in [1.82, 2.24) is 20.0 Å². The van der Waals surface area contributed by atoms with E-state index in [-0.39, 0.29) is 5.91 Å². The van der Waals surface area contributed by atoms with Gasteiger partial charge in [0.15, 0.2) is 0 Å². The van der Waals surface area contributed by atoms with E-state index in [1.807, 2.05) is 65.5 Å². The third-order valence-electron chi connectivity index (χ3n) is 5.16. The van der Waals surface area contributed by atoms with Gasteiger partial charge in [-0.1, -0.05) is 44.2 Å². The van der Waals surface area contributed by atoms with Crippen LogP contribution in [0.2, 0.25) is 0 Å². The Balaban J connectivity index is 1.85. The van der Waals surface area contributed by atoms with Crippen LogP contribution in [-0.2, 0) is 4.79 Å². The van der Waals surface area contributed by atoms with Crippen molar-refractivity contribution in [2.45, 2.75) is 13.8 Å². The van der Waals surface area contributed by atoms with Crippen molar-refractivity contribution in [3.63, 3.8) is 0 Å². The molecule has 0 aliphatic carbocycles. The van der Waals surface area contributed by atoms with Crippen LogP contribution < -0.4 is 10.1 Å². The van der Waals surface area contributed by atoms with Gasteiger partial charge in [0, 0.05) is 36.5 Å². The third-order valence-corrected chi connectivity index (χ3v) is 5.16. The molecule has 0 spiro atoms. The monoisotopic (exact) mass is 418 g/mol. The summed E-state index contributed by atoms with van der Waals surface area (Å²) in [6, 6.07) is 17.7. The second kappa shape index (κ2) is 11.1. The molecule has 0 bridgehead atoms. The van der Waals surface area contributed by atoms with Gasteiger partial charge in [0.25, 0.3) is 0 Å². The number of carbonyl (C=O) groups is 1. The average Bonchev–Trinajstić information content (AvgIpc) is 3.25. The van der Waals surface area contributed by atoms with Crippen LogP contribution in [0.1, 0.15) is 19.4 Å². The van der Waals surface area contributed by atoms with Gasteiger partial charge in [0.1, 0.15) is 11.4 Å². The number of nitrogens with one attached hydrogen (secondary N) is 1. The summed E-state index contributed by atoms with van der Waals surface area (Å²) in [6.45, 7) is 7.65. The highest BCUT2D eigenvalue weighted by molar-refractivity contribution is 5.93. The predicted molar refractivity (Wildman–Crippen MR) is 125 cm³/mol. The molecule has 0 saturated carbocycles. The molecule has 0 saturated heterocycles. The Morgan fingerprint density at radius 3 is 2.52 bits per heavy atom.